The number of nitrogens with zero attached hydrogens (tertiary/aromatic N) is 3. The molecule has 2 aromatic carbocycles. The van der Waals surface area contributed by atoms with Crippen molar-refractivity contribution in [1.29, 1.82) is 0 Å². The Kier molecular flexibility index (Phi) is 7.66. The first kappa shape index (κ1) is 24.1. The van der Waals surface area contributed by atoms with E-state index >= 15 is 0 Å². The van der Waals surface area contributed by atoms with Crippen LogP contribution in [0.3, 0.4) is 0 Å². The molecule has 0 unspecified atom stereocenters. The molecule has 0 atom stereocenters. The number of benzene rings is 2. The third-order valence-corrected chi connectivity index (χ3v) is 6.53. The fraction of sp³-hybridized carbons (Fsp3) is 0.444. The maximum Gasteiger partial charge on any atom is 0.336 e. The molecule has 190 valence electrons. The number of aromatic nitrogens is 3. The third-order valence-electron chi connectivity index (χ3n) is 6.53. The van der Waals surface area contributed by atoms with Gasteiger partial charge < -0.3 is 24.3 Å². The van der Waals surface area contributed by atoms with Crippen molar-refractivity contribution >= 4 is 11.6 Å². The highest BCUT2D eigenvalue weighted by Gasteiger charge is 2.20. The Hall–Kier alpha value is -3.59. The van der Waals surface area contributed by atoms with Crippen molar-refractivity contribution in [3.05, 3.63) is 42.5 Å². The molecule has 2 heterocycles. The number of hydrogen-bond acceptors (Lipinski definition) is 7. The summed E-state index contributed by atoms with van der Waals surface area (Å²) in [7, 11) is 0. The van der Waals surface area contributed by atoms with E-state index in [4.69, 9.17) is 18.9 Å². The van der Waals surface area contributed by atoms with E-state index in [9.17, 15) is 4.79 Å². The number of rotatable bonds is 11. The number of nitrogens with one attached hydrogen (secondary N) is 1. The molecule has 1 aliphatic carbocycles. The summed E-state index contributed by atoms with van der Waals surface area (Å²) in [5.74, 6) is 2.72. The molecule has 3 aromatic rings. The van der Waals surface area contributed by atoms with Crippen LogP contribution in [0, 0.1) is 5.92 Å². The minimum Gasteiger partial charge on any atom is -0.460 e. The second-order valence-corrected chi connectivity index (χ2v) is 9.03. The van der Waals surface area contributed by atoms with Gasteiger partial charge in [0, 0.05) is 24.3 Å². The molecule has 9 heteroatoms. The highest BCUT2D eigenvalue weighted by Crippen LogP contribution is 2.36. The zero-order valence-corrected chi connectivity index (χ0v) is 20.6. The molecule has 1 aromatic heterocycles. The van der Waals surface area contributed by atoms with Crippen molar-refractivity contribution in [2.45, 2.75) is 45.4 Å². The molecule has 1 N–H and O–H groups in total. The fourth-order valence-electron chi connectivity index (χ4n) is 4.64. The molecule has 9 nitrogen and oxygen atoms in total. The summed E-state index contributed by atoms with van der Waals surface area (Å²) < 4.78 is 23.8. The molecule has 1 amide bonds. The number of carbonyl (C=O) groups is 1. The summed E-state index contributed by atoms with van der Waals surface area (Å²) in [5, 5.41) is 7.59. The van der Waals surface area contributed by atoms with Crippen LogP contribution in [-0.4, -0.2) is 47.3 Å². The van der Waals surface area contributed by atoms with Crippen LogP contribution >= 0.6 is 0 Å². The van der Waals surface area contributed by atoms with Gasteiger partial charge in [0.1, 0.15) is 6.61 Å². The van der Waals surface area contributed by atoms with Gasteiger partial charge >= 0.3 is 6.01 Å². The van der Waals surface area contributed by atoms with Gasteiger partial charge in [-0.3, -0.25) is 4.79 Å². The number of hydrogen-bond donors (Lipinski definition) is 1. The summed E-state index contributed by atoms with van der Waals surface area (Å²) in [6.07, 6.45) is 6.62. The summed E-state index contributed by atoms with van der Waals surface area (Å²) in [6.45, 7) is 3.57. The average molecular weight is 493 g/mol. The van der Waals surface area contributed by atoms with E-state index in [-0.39, 0.29) is 18.7 Å². The van der Waals surface area contributed by atoms with Gasteiger partial charge in [-0.1, -0.05) is 25.7 Å². The fourth-order valence-corrected chi connectivity index (χ4v) is 4.64. The van der Waals surface area contributed by atoms with E-state index < -0.39 is 0 Å². The maximum atomic E-state index is 12.4. The van der Waals surface area contributed by atoms with Gasteiger partial charge in [0.15, 0.2) is 17.3 Å². The third kappa shape index (κ3) is 5.79. The van der Waals surface area contributed by atoms with E-state index in [0.717, 1.165) is 23.4 Å². The smallest absolute Gasteiger partial charge is 0.336 e. The molecule has 36 heavy (non-hydrogen) atoms. The molecule has 1 saturated carbocycles. The minimum absolute atomic E-state index is 0.0569. The van der Waals surface area contributed by atoms with Crippen LogP contribution in [0.5, 0.6) is 17.5 Å². The number of carbonyl (C=O) groups excluding carboxylic acids is 1. The molecule has 5 rings (SSSR count). The Balaban J connectivity index is 1.32. The monoisotopic (exact) mass is 492 g/mol. The Labute approximate surface area is 210 Å². The Bertz CT molecular complexity index is 1170. The van der Waals surface area contributed by atoms with Crippen molar-refractivity contribution < 1.29 is 23.7 Å². The van der Waals surface area contributed by atoms with E-state index in [1.165, 1.54) is 25.7 Å². The van der Waals surface area contributed by atoms with E-state index in [0.29, 0.717) is 49.5 Å². The van der Waals surface area contributed by atoms with Crippen LogP contribution in [0.25, 0.3) is 17.1 Å². The first-order valence-electron chi connectivity index (χ1n) is 12.7. The van der Waals surface area contributed by atoms with Crippen molar-refractivity contribution in [3.63, 3.8) is 0 Å². The highest BCUT2D eigenvalue weighted by atomic mass is 16.7. The largest absolute Gasteiger partial charge is 0.460 e. The molecular weight excluding hydrogens is 460 g/mol. The predicted octanol–water partition coefficient (Wildman–Crippen LogP) is 4.99. The lowest BCUT2D eigenvalue weighted by Crippen LogP contribution is -2.12. The molecule has 1 aliphatic heterocycles. The van der Waals surface area contributed by atoms with Crippen LogP contribution in [-0.2, 0) is 9.53 Å². The van der Waals surface area contributed by atoms with Gasteiger partial charge in [0.2, 0.25) is 12.7 Å². The van der Waals surface area contributed by atoms with E-state index in [1.54, 1.807) is 4.68 Å². The van der Waals surface area contributed by atoms with Crippen LogP contribution in [0.15, 0.2) is 42.5 Å². The van der Waals surface area contributed by atoms with Gasteiger partial charge in [0.05, 0.1) is 12.3 Å². The van der Waals surface area contributed by atoms with Crippen LogP contribution in [0.1, 0.15) is 45.4 Å². The Morgan fingerprint density at radius 2 is 1.89 bits per heavy atom. The van der Waals surface area contributed by atoms with E-state index in [1.807, 2.05) is 49.4 Å². The van der Waals surface area contributed by atoms with Crippen molar-refractivity contribution in [2.75, 3.05) is 31.9 Å². The quantitative estimate of drug-likeness (QED) is 0.377. The number of amides is 1. The lowest BCUT2D eigenvalue weighted by atomic mass is 10.0. The first-order chi connectivity index (χ1) is 17.7. The summed E-state index contributed by atoms with van der Waals surface area (Å²) >= 11 is 0. The molecule has 0 spiro atoms. The second-order valence-electron chi connectivity index (χ2n) is 9.03. The van der Waals surface area contributed by atoms with E-state index in [2.05, 4.69) is 15.4 Å². The Morgan fingerprint density at radius 3 is 2.69 bits per heavy atom. The number of anilines is 1. The number of fused-ring (bicyclic) bond motifs is 1. The molecule has 2 aliphatic rings. The molecule has 0 radical (unpaired) electrons. The molecular formula is C27H32N4O5. The lowest BCUT2D eigenvalue weighted by Gasteiger charge is -2.10. The first-order valence-corrected chi connectivity index (χ1v) is 12.7. The maximum absolute atomic E-state index is 12.4. The van der Waals surface area contributed by atoms with Crippen molar-refractivity contribution in [1.82, 2.24) is 14.8 Å². The van der Waals surface area contributed by atoms with Gasteiger partial charge in [-0.25, -0.2) is 4.68 Å². The van der Waals surface area contributed by atoms with Gasteiger partial charge in [-0.05, 0) is 61.7 Å². The highest BCUT2D eigenvalue weighted by molar-refractivity contribution is 5.90. The molecule has 1 fully saturated rings. The standard InChI is InChI=1S/C27H32N4O5/c1-2-33-15-16-34-27-29-26(20-8-13-23-24(17-20)36-18-35-23)31(30-27)22-11-9-21(10-12-22)28-25(32)14-7-19-5-3-4-6-19/h8-13,17,19H,2-7,14-16,18H2,1H3,(H,28,32). The zero-order valence-electron chi connectivity index (χ0n) is 20.6. The van der Waals surface area contributed by atoms with Gasteiger partial charge in [-0.2, -0.15) is 4.98 Å². The molecule has 0 bridgehead atoms. The summed E-state index contributed by atoms with van der Waals surface area (Å²) in [6, 6.07) is 13.5. The van der Waals surface area contributed by atoms with Gasteiger partial charge in [-0.15, -0.1) is 5.10 Å². The second kappa shape index (κ2) is 11.4. The summed E-state index contributed by atoms with van der Waals surface area (Å²) in [4.78, 5) is 17.0. The lowest BCUT2D eigenvalue weighted by molar-refractivity contribution is -0.116. The van der Waals surface area contributed by atoms with Gasteiger partial charge in [0.25, 0.3) is 0 Å². The van der Waals surface area contributed by atoms with Crippen LogP contribution in [0.4, 0.5) is 5.69 Å². The SMILES string of the molecule is CCOCCOc1nc(-c2ccc3c(c2)OCO3)n(-c2ccc(NC(=O)CCC3CCCC3)cc2)n1. The number of ether oxygens (including phenoxy) is 4. The van der Waals surface area contributed by atoms with Crippen LogP contribution in [0.2, 0.25) is 0 Å². The normalized spacial score (nSPS) is 14.8. The topological polar surface area (TPSA) is 96.7 Å². The molecule has 0 saturated heterocycles. The average Bonchev–Trinajstić information content (AvgIpc) is 3.66. The Morgan fingerprint density at radius 1 is 1.08 bits per heavy atom. The van der Waals surface area contributed by atoms with Crippen molar-refractivity contribution in [3.8, 4) is 34.6 Å². The summed E-state index contributed by atoms with van der Waals surface area (Å²) in [5.41, 5.74) is 2.36. The van der Waals surface area contributed by atoms with Crippen LogP contribution < -0.4 is 19.5 Å². The minimum atomic E-state index is 0.0569. The van der Waals surface area contributed by atoms with Crippen molar-refractivity contribution in [2.24, 2.45) is 5.92 Å². The zero-order chi connectivity index (χ0) is 24.7. The predicted molar refractivity (Wildman–Crippen MR) is 135 cm³/mol.